The van der Waals surface area contributed by atoms with Crippen LogP contribution in [0, 0.1) is 0 Å². The highest BCUT2D eigenvalue weighted by Gasteiger charge is 2.80. The van der Waals surface area contributed by atoms with Gasteiger partial charge in [-0.3, -0.25) is 4.74 Å². The Morgan fingerprint density at radius 2 is 1.28 bits per heavy atom. The molecule has 0 radical (unpaired) electrons. The number of halogens is 11. The summed E-state index contributed by atoms with van der Waals surface area (Å²) < 4.78 is 147. The van der Waals surface area contributed by atoms with Crippen molar-refractivity contribution in [1.29, 1.82) is 0 Å². The predicted octanol–water partition coefficient (Wildman–Crippen LogP) is 3.60. The molecule has 0 spiro atoms. The van der Waals surface area contributed by atoms with Gasteiger partial charge in [0.1, 0.15) is 6.61 Å². The molecule has 0 aromatic carbocycles. The summed E-state index contributed by atoms with van der Waals surface area (Å²) in [6.45, 7) is -0.478. The summed E-state index contributed by atoms with van der Waals surface area (Å²) >= 11 is 0. The fraction of sp³-hybridized carbons (Fsp3) is 0.900. The van der Waals surface area contributed by atoms with Crippen molar-refractivity contribution in [3.63, 3.8) is 0 Å². The van der Waals surface area contributed by atoms with E-state index in [2.05, 4.69) is 9.47 Å². The van der Waals surface area contributed by atoms with Crippen molar-refractivity contribution in [2.24, 2.45) is 0 Å². The second-order valence-electron chi connectivity index (χ2n) is 4.12. The Kier molecular flexibility index (Phi) is 7.06. The Bertz CT molecular complexity index is 459. The Morgan fingerprint density at radius 1 is 0.800 bits per heavy atom. The largest absolute Gasteiger partial charge is 0.462 e. The molecule has 0 amide bonds. The molecule has 0 saturated carbocycles. The van der Waals surface area contributed by atoms with E-state index in [9.17, 15) is 53.1 Å². The number of alkyl halides is 11. The van der Waals surface area contributed by atoms with Crippen molar-refractivity contribution < 1.29 is 67.3 Å². The maximum Gasteiger partial charge on any atom is 0.462 e. The minimum absolute atomic E-state index is 0.0516. The maximum atomic E-state index is 13.6. The maximum absolute atomic E-state index is 13.6. The van der Waals surface area contributed by atoms with E-state index >= 15 is 0 Å². The first-order chi connectivity index (χ1) is 10.9. The van der Waals surface area contributed by atoms with E-state index < -0.39 is 49.4 Å². The Balaban J connectivity index is 5.59. The molecule has 0 aromatic rings. The molecule has 4 nitrogen and oxygen atoms in total. The number of hydrogen-bond donors (Lipinski definition) is 0. The second kappa shape index (κ2) is 7.47. The van der Waals surface area contributed by atoms with Crippen molar-refractivity contribution in [2.45, 2.75) is 37.2 Å². The average Bonchev–Trinajstić information content (AvgIpc) is 2.40. The van der Waals surface area contributed by atoms with Gasteiger partial charge in [-0.05, 0) is 6.92 Å². The van der Waals surface area contributed by atoms with Gasteiger partial charge < -0.3 is 9.47 Å². The number of carbonyl (C=O) groups excluding carboxylic acids is 1. The highest BCUT2D eigenvalue weighted by molar-refractivity contribution is 5.78. The Morgan fingerprint density at radius 3 is 1.64 bits per heavy atom. The van der Waals surface area contributed by atoms with Gasteiger partial charge in [0, 0.05) is 6.61 Å². The van der Waals surface area contributed by atoms with Gasteiger partial charge >= 0.3 is 36.2 Å². The normalized spacial score (nSPS) is 16.5. The van der Waals surface area contributed by atoms with Gasteiger partial charge in [-0.15, -0.1) is 0 Å². The Labute approximate surface area is 131 Å². The summed E-state index contributed by atoms with van der Waals surface area (Å²) in [5, 5.41) is 0. The third kappa shape index (κ3) is 5.05. The molecule has 0 aliphatic rings. The molecule has 0 fully saturated rings. The Hall–Kier alpha value is -1.38. The summed E-state index contributed by atoms with van der Waals surface area (Å²) in [6.07, 6.45) is -21.0. The van der Waals surface area contributed by atoms with Gasteiger partial charge in [0.15, 0.2) is 0 Å². The zero-order valence-electron chi connectivity index (χ0n) is 11.9. The van der Waals surface area contributed by atoms with Crippen LogP contribution in [-0.2, 0) is 19.0 Å². The molecular formula is C10H9F11O4. The van der Waals surface area contributed by atoms with Crippen LogP contribution in [0.2, 0.25) is 0 Å². The molecule has 150 valence electrons. The first-order valence-corrected chi connectivity index (χ1v) is 5.97. The standard InChI is InChI=1S/C10H9F11O4/c1-2-23-3-4-24-5(22)6(11,8(14,15)16)25-10(20,21)7(12,13)9(17,18)19/h2-4H2,1H3/t6-/m0/s1. The zero-order chi connectivity index (χ0) is 20.3. The third-order valence-corrected chi connectivity index (χ3v) is 2.28. The summed E-state index contributed by atoms with van der Waals surface area (Å²) in [5.41, 5.74) is 0. The highest BCUT2D eigenvalue weighted by Crippen LogP contribution is 2.51. The fourth-order valence-corrected chi connectivity index (χ4v) is 1.05. The van der Waals surface area contributed by atoms with Crippen molar-refractivity contribution in [2.75, 3.05) is 19.8 Å². The minimum Gasteiger partial charge on any atom is -0.459 e. The highest BCUT2D eigenvalue weighted by atomic mass is 19.4. The molecule has 0 aliphatic carbocycles. The van der Waals surface area contributed by atoms with E-state index in [4.69, 9.17) is 0 Å². The summed E-state index contributed by atoms with van der Waals surface area (Å²) in [4.78, 5) is 11.0. The van der Waals surface area contributed by atoms with Crippen LogP contribution in [0.4, 0.5) is 48.3 Å². The summed E-state index contributed by atoms with van der Waals surface area (Å²) in [5.74, 6) is -16.8. The molecule has 0 heterocycles. The molecule has 1 atom stereocenters. The van der Waals surface area contributed by atoms with Crippen LogP contribution in [0.25, 0.3) is 0 Å². The zero-order valence-corrected chi connectivity index (χ0v) is 11.9. The number of ether oxygens (including phenoxy) is 3. The minimum atomic E-state index is -7.24. The lowest BCUT2D eigenvalue weighted by molar-refractivity contribution is -0.475. The number of rotatable bonds is 8. The number of carbonyl (C=O) groups is 1. The first-order valence-electron chi connectivity index (χ1n) is 5.97. The van der Waals surface area contributed by atoms with Crippen LogP contribution in [-0.4, -0.2) is 56.0 Å². The van der Waals surface area contributed by atoms with Crippen LogP contribution in [0.1, 0.15) is 6.92 Å². The van der Waals surface area contributed by atoms with Gasteiger partial charge in [-0.25, -0.2) is 4.79 Å². The molecule has 0 saturated heterocycles. The van der Waals surface area contributed by atoms with E-state index in [1.165, 1.54) is 6.92 Å². The summed E-state index contributed by atoms with van der Waals surface area (Å²) in [7, 11) is 0. The molecule has 0 aromatic heterocycles. The monoisotopic (exact) mass is 402 g/mol. The van der Waals surface area contributed by atoms with E-state index in [1.54, 1.807) is 0 Å². The fourth-order valence-electron chi connectivity index (χ4n) is 1.05. The molecule has 15 heteroatoms. The quantitative estimate of drug-likeness (QED) is 0.354. The number of esters is 1. The van der Waals surface area contributed by atoms with E-state index in [0.29, 0.717) is 0 Å². The molecule has 0 unspecified atom stereocenters. The number of hydrogen-bond acceptors (Lipinski definition) is 4. The SMILES string of the molecule is CCOCCOC(=O)[C@](F)(OC(F)(F)C(F)(F)C(F)(F)F)C(F)(F)F. The second-order valence-corrected chi connectivity index (χ2v) is 4.12. The van der Waals surface area contributed by atoms with Crippen molar-refractivity contribution in [3.8, 4) is 0 Å². The molecule has 0 aliphatic heterocycles. The van der Waals surface area contributed by atoms with Gasteiger partial charge in [-0.1, -0.05) is 0 Å². The van der Waals surface area contributed by atoms with Crippen LogP contribution in [0.15, 0.2) is 0 Å². The lowest BCUT2D eigenvalue weighted by Crippen LogP contribution is -2.61. The van der Waals surface area contributed by atoms with Gasteiger partial charge in [0.2, 0.25) is 0 Å². The lowest BCUT2D eigenvalue weighted by atomic mass is 10.2. The first kappa shape index (κ1) is 23.6. The van der Waals surface area contributed by atoms with Gasteiger partial charge in [0.05, 0.1) is 6.61 Å². The van der Waals surface area contributed by atoms with E-state index in [-0.39, 0.29) is 6.61 Å². The average molecular weight is 402 g/mol. The van der Waals surface area contributed by atoms with Crippen molar-refractivity contribution in [3.05, 3.63) is 0 Å². The lowest BCUT2D eigenvalue weighted by Gasteiger charge is -2.33. The van der Waals surface area contributed by atoms with Crippen molar-refractivity contribution in [1.82, 2.24) is 0 Å². The molecule has 0 bridgehead atoms. The van der Waals surface area contributed by atoms with E-state index in [1.807, 2.05) is 4.74 Å². The topological polar surface area (TPSA) is 44.8 Å². The van der Waals surface area contributed by atoms with Gasteiger partial charge in [0.25, 0.3) is 0 Å². The van der Waals surface area contributed by atoms with Crippen LogP contribution in [0.3, 0.4) is 0 Å². The summed E-state index contributed by atoms with van der Waals surface area (Å²) in [6, 6.07) is 0. The van der Waals surface area contributed by atoms with Crippen LogP contribution < -0.4 is 0 Å². The molecular weight excluding hydrogens is 393 g/mol. The molecule has 25 heavy (non-hydrogen) atoms. The van der Waals surface area contributed by atoms with E-state index in [0.717, 1.165) is 0 Å². The van der Waals surface area contributed by atoms with Gasteiger partial charge in [-0.2, -0.15) is 48.3 Å². The van der Waals surface area contributed by atoms with Crippen molar-refractivity contribution >= 4 is 5.97 Å². The molecule has 0 N–H and O–H groups in total. The molecule has 0 rings (SSSR count). The van der Waals surface area contributed by atoms with Crippen LogP contribution in [0.5, 0.6) is 0 Å². The smallest absolute Gasteiger partial charge is 0.459 e. The van der Waals surface area contributed by atoms with Crippen LogP contribution >= 0.6 is 0 Å². The third-order valence-electron chi connectivity index (χ3n) is 2.28. The predicted molar refractivity (Wildman–Crippen MR) is 54.4 cm³/mol.